The van der Waals surface area contributed by atoms with Crippen LogP contribution in [0, 0.1) is 0 Å². The monoisotopic (exact) mass is 230 g/mol. The van der Waals surface area contributed by atoms with E-state index in [0.29, 0.717) is 0 Å². The predicted octanol–water partition coefficient (Wildman–Crippen LogP) is 2.69. The highest BCUT2D eigenvalue weighted by Crippen LogP contribution is 2.30. The van der Waals surface area contributed by atoms with Crippen molar-refractivity contribution in [1.29, 1.82) is 0 Å². The number of aliphatic hydroxyl groups is 2. The lowest BCUT2D eigenvalue weighted by Crippen LogP contribution is -2.25. The molecular weight excluding hydrogens is 212 g/mol. The van der Waals surface area contributed by atoms with Crippen molar-refractivity contribution in [2.75, 3.05) is 0 Å². The van der Waals surface area contributed by atoms with Crippen LogP contribution in [0.2, 0.25) is 0 Å². The summed E-state index contributed by atoms with van der Waals surface area (Å²) < 4.78 is 0. The number of rotatable bonds is 3. The number of hydrogen-bond donors (Lipinski definition) is 2. The molecule has 2 atom stereocenters. The minimum absolute atomic E-state index is 0.249. The van der Waals surface area contributed by atoms with Crippen LogP contribution in [0.3, 0.4) is 0 Å². The van der Waals surface area contributed by atoms with E-state index in [4.69, 9.17) is 0 Å². The van der Waals surface area contributed by atoms with Gasteiger partial charge in [0.05, 0.1) is 12.2 Å². The fourth-order valence-corrected chi connectivity index (χ4v) is 2.46. The van der Waals surface area contributed by atoms with Crippen molar-refractivity contribution in [3.8, 4) is 0 Å². The van der Waals surface area contributed by atoms with Crippen molar-refractivity contribution < 1.29 is 10.2 Å². The van der Waals surface area contributed by atoms with Crippen LogP contribution in [0.1, 0.15) is 25.3 Å². The van der Waals surface area contributed by atoms with Crippen LogP contribution in [0.15, 0.2) is 42.5 Å². The molecule has 0 spiro atoms. The summed E-state index contributed by atoms with van der Waals surface area (Å²) in [6, 6.07) is 14.0. The van der Waals surface area contributed by atoms with Gasteiger partial charge >= 0.3 is 0 Å². The Hall–Kier alpha value is -1.38. The smallest absolute Gasteiger partial charge is 0.0605 e. The van der Waals surface area contributed by atoms with Crippen molar-refractivity contribution in [1.82, 2.24) is 0 Å². The molecule has 0 aliphatic heterocycles. The van der Waals surface area contributed by atoms with Gasteiger partial charge in [-0.2, -0.15) is 0 Å². The van der Waals surface area contributed by atoms with Gasteiger partial charge < -0.3 is 10.2 Å². The van der Waals surface area contributed by atoms with Crippen molar-refractivity contribution in [2.24, 2.45) is 0 Å². The Balaban J connectivity index is 2.61. The van der Waals surface area contributed by atoms with Gasteiger partial charge in [-0.1, -0.05) is 42.5 Å². The average Bonchev–Trinajstić information content (AvgIpc) is 2.28. The summed E-state index contributed by atoms with van der Waals surface area (Å²) in [5, 5.41) is 21.9. The molecule has 0 saturated heterocycles. The molecule has 2 heteroatoms. The second-order valence-corrected chi connectivity index (χ2v) is 4.58. The molecule has 2 aromatic rings. The second-order valence-electron chi connectivity index (χ2n) is 4.58. The molecule has 2 N–H and O–H groups in total. The maximum absolute atomic E-state index is 9.84. The highest BCUT2D eigenvalue weighted by Gasteiger charge is 2.23. The zero-order valence-electron chi connectivity index (χ0n) is 10.2. The van der Waals surface area contributed by atoms with E-state index in [1.807, 2.05) is 42.5 Å². The average molecular weight is 230 g/mol. The van der Waals surface area contributed by atoms with Gasteiger partial charge in [-0.05, 0) is 30.2 Å². The Kier molecular flexibility index (Phi) is 3.46. The molecule has 2 unspecified atom stereocenters. The van der Waals surface area contributed by atoms with Crippen LogP contribution in [0.5, 0.6) is 0 Å². The maximum Gasteiger partial charge on any atom is 0.0605 e. The summed E-state index contributed by atoms with van der Waals surface area (Å²) in [7, 11) is 0. The molecule has 0 aromatic heterocycles. The Bertz CT molecular complexity index is 490. The first-order valence-electron chi connectivity index (χ1n) is 5.95. The molecule has 0 radical (unpaired) electrons. The Morgan fingerprint density at radius 2 is 1.41 bits per heavy atom. The van der Waals surface area contributed by atoms with Crippen molar-refractivity contribution in [3.05, 3.63) is 48.0 Å². The number of hydrogen-bond acceptors (Lipinski definition) is 2. The summed E-state index contributed by atoms with van der Waals surface area (Å²) in [4.78, 5) is 0. The van der Waals surface area contributed by atoms with Crippen LogP contribution in [-0.2, 0) is 0 Å². The molecule has 0 fully saturated rings. The van der Waals surface area contributed by atoms with E-state index < -0.39 is 12.2 Å². The van der Waals surface area contributed by atoms with Gasteiger partial charge in [0, 0.05) is 5.92 Å². The predicted molar refractivity (Wildman–Crippen MR) is 70.1 cm³/mol. The summed E-state index contributed by atoms with van der Waals surface area (Å²) in [5.41, 5.74) is 1.01. The van der Waals surface area contributed by atoms with Crippen LogP contribution in [0.25, 0.3) is 10.8 Å². The zero-order valence-corrected chi connectivity index (χ0v) is 10.2. The number of benzene rings is 2. The quantitative estimate of drug-likeness (QED) is 0.851. The standard InChI is InChI=1S/C15H18O2/c1-10(16)15(11(2)17)14-9-5-7-12-6-3-4-8-13(12)14/h3-11,15-17H,1-2H3. The largest absolute Gasteiger partial charge is 0.393 e. The lowest BCUT2D eigenvalue weighted by Gasteiger charge is -2.24. The topological polar surface area (TPSA) is 40.5 Å². The molecule has 0 saturated carbocycles. The number of fused-ring (bicyclic) bond motifs is 1. The third kappa shape index (κ3) is 2.33. The fourth-order valence-electron chi connectivity index (χ4n) is 2.46. The molecule has 17 heavy (non-hydrogen) atoms. The van der Waals surface area contributed by atoms with E-state index in [0.717, 1.165) is 16.3 Å². The van der Waals surface area contributed by atoms with E-state index in [-0.39, 0.29) is 5.92 Å². The molecule has 0 bridgehead atoms. The molecule has 0 amide bonds. The first-order chi connectivity index (χ1) is 8.11. The van der Waals surface area contributed by atoms with Crippen molar-refractivity contribution in [3.63, 3.8) is 0 Å². The molecule has 90 valence electrons. The Morgan fingerprint density at radius 3 is 2.06 bits per heavy atom. The first kappa shape index (κ1) is 12.1. The van der Waals surface area contributed by atoms with Gasteiger partial charge in [0.1, 0.15) is 0 Å². The van der Waals surface area contributed by atoms with Crippen molar-refractivity contribution >= 4 is 10.8 Å². The van der Waals surface area contributed by atoms with Crippen LogP contribution < -0.4 is 0 Å². The molecule has 0 aliphatic carbocycles. The third-order valence-corrected chi connectivity index (χ3v) is 3.22. The summed E-state index contributed by atoms with van der Waals surface area (Å²) >= 11 is 0. The Labute approximate surface area is 102 Å². The number of aliphatic hydroxyl groups excluding tert-OH is 2. The SMILES string of the molecule is CC(O)C(c1cccc2ccccc12)C(C)O. The van der Waals surface area contributed by atoms with Crippen LogP contribution in [0.4, 0.5) is 0 Å². The zero-order chi connectivity index (χ0) is 12.4. The van der Waals surface area contributed by atoms with E-state index in [1.165, 1.54) is 0 Å². The van der Waals surface area contributed by atoms with Gasteiger partial charge in [0.15, 0.2) is 0 Å². The molecule has 2 aromatic carbocycles. The molecular formula is C15H18O2. The highest BCUT2D eigenvalue weighted by atomic mass is 16.3. The van der Waals surface area contributed by atoms with E-state index in [9.17, 15) is 10.2 Å². The lowest BCUT2D eigenvalue weighted by molar-refractivity contribution is 0.0736. The molecule has 2 rings (SSSR count). The van der Waals surface area contributed by atoms with Crippen LogP contribution in [-0.4, -0.2) is 22.4 Å². The maximum atomic E-state index is 9.84. The molecule has 0 aliphatic rings. The molecule has 2 nitrogen and oxygen atoms in total. The summed E-state index contributed by atoms with van der Waals surface area (Å²) in [6.07, 6.45) is -1.14. The Morgan fingerprint density at radius 1 is 0.824 bits per heavy atom. The second kappa shape index (κ2) is 4.86. The first-order valence-corrected chi connectivity index (χ1v) is 5.95. The summed E-state index contributed by atoms with van der Waals surface area (Å²) in [5.74, 6) is -0.249. The van der Waals surface area contributed by atoms with Gasteiger partial charge in [-0.25, -0.2) is 0 Å². The van der Waals surface area contributed by atoms with Gasteiger partial charge in [0.25, 0.3) is 0 Å². The normalized spacial score (nSPS) is 16.7. The summed E-state index contributed by atoms with van der Waals surface area (Å²) in [6.45, 7) is 3.44. The van der Waals surface area contributed by atoms with E-state index in [2.05, 4.69) is 0 Å². The van der Waals surface area contributed by atoms with Crippen molar-refractivity contribution in [2.45, 2.75) is 32.0 Å². The van der Waals surface area contributed by atoms with Crippen LogP contribution >= 0.6 is 0 Å². The third-order valence-electron chi connectivity index (χ3n) is 3.22. The van der Waals surface area contributed by atoms with E-state index >= 15 is 0 Å². The minimum Gasteiger partial charge on any atom is -0.393 e. The highest BCUT2D eigenvalue weighted by molar-refractivity contribution is 5.86. The fraction of sp³-hybridized carbons (Fsp3) is 0.333. The minimum atomic E-state index is -0.569. The van der Waals surface area contributed by atoms with Gasteiger partial charge in [0.2, 0.25) is 0 Å². The van der Waals surface area contributed by atoms with Gasteiger partial charge in [-0.15, -0.1) is 0 Å². The molecule has 0 heterocycles. The van der Waals surface area contributed by atoms with Gasteiger partial charge in [-0.3, -0.25) is 0 Å². The lowest BCUT2D eigenvalue weighted by atomic mass is 9.86. The van der Waals surface area contributed by atoms with E-state index in [1.54, 1.807) is 13.8 Å².